The van der Waals surface area contributed by atoms with Gasteiger partial charge in [-0.2, -0.15) is 0 Å². The van der Waals surface area contributed by atoms with E-state index in [1.54, 1.807) is 0 Å². The van der Waals surface area contributed by atoms with E-state index in [0.29, 0.717) is 5.95 Å². The van der Waals surface area contributed by atoms with Crippen molar-refractivity contribution in [1.29, 1.82) is 0 Å². The summed E-state index contributed by atoms with van der Waals surface area (Å²) in [5, 5.41) is 2.45. The molecule has 0 fully saturated rings. The third kappa shape index (κ3) is 3.91. The molecule has 0 bridgehead atoms. The van der Waals surface area contributed by atoms with E-state index in [1.165, 1.54) is 7.11 Å². The molecule has 1 amide bonds. The second-order valence-electron chi connectivity index (χ2n) is 2.72. The van der Waals surface area contributed by atoms with E-state index >= 15 is 0 Å². The zero-order valence-corrected chi connectivity index (χ0v) is 9.80. The van der Waals surface area contributed by atoms with Crippen LogP contribution in [-0.4, -0.2) is 34.1 Å². The molecule has 1 heterocycles. The molecule has 17 heavy (non-hydrogen) atoms. The monoisotopic (exact) mass is 263 g/mol. The lowest BCUT2D eigenvalue weighted by molar-refractivity contribution is 0.186. The van der Waals surface area contributed by atoms with Crippen molar-refractivity contribution < 1.29 is 20.5 Å². The number of imidazole rings is 1. The highest BCUT2D eigenvalue weighted by molar-refractivity contribution is 5.86. The first-order valence-electron chi connectivity index (χ1n) is 4.09. The Balaban J connectivity index is 0. The third-order valence-electron chi connectivity index (χ3n) is 1.80. The molecule has 0 aliphatic carbocycles. The molecule has 0 aliphatic heterocycles. The molecule has 8 heteroatoms. The summed E-state index contributed by atoms with van der Waals surface area (Å²) in [4.78, 5) is 17.9. The minimum Gasteiger partial charge on any atom is -0.453 e. The van der Waals surface area contributed by atoms with Gasteiger partial charge in [-0.15, -0.1) is 12.4 Å². The predicted octanol–water partition coefficient (Wildman–Crippen LogP) is 0.514. The topological polar surface area (TPSA) is 130 Å². The molecule has 0 saturated heterocycles. The lowest BCUT2D eigenvalue weighted by atomic mass is 10.3. The number of halogens is 1. The lowest BCUT2D eigenvalue weighted by Gasteiger charge is -1.96. The third-order valence-corrected chi connectivity index (χ3v) is 1.80. The number of hydrogen-bond acceptors (Lipinski definition) is 3. The van der Waals surface area contributed by atoms with E-state index in [0.717, 1.165) is 11.0 Å². The largest absolute Gasteiger partial charge is 0.453 e. The van der Waals surface area contributed by atoms with Crippen LogP contribution in [0.5, 0.6) is 0 Å². The summed E-state index contributed by atoms with van der Waals surface area (Å²) in [6, 6.07) is 7.51. The van der Waals surface area contributed by atoms with Crippen LogP contribution in [0.2, 0.25) is 0 Å². The fourth-order valence-corrected chi connectivity index (χ4v) is 1.16. The molecule has 0 radical (unpaired) electrons. The Bertz CT molecular complexity index is 441. The Morgan fingerprint density at radius 3 is 2.59 bits per heavy atom. The van der Waals surface area contributed by atoms with Crippen molar-refractivity contribution in [2.45, 2.75) is 0 Å². The number of para-hydroxylation sites is 2. The van der Waals surface area contributed by atoms with Crippen molar-refractivity contribution in [2.75, 3.05) is 12.4 Å². The molecule has 7 nitrogen and oxygen atoms in total. The van der Waals surface area contributed by atoms with E-state index in [4.69, 9.17) is 0 Å². The Kier molecular flexibility index (Phi) is 7.69. The Morgan fingerprint density at radius 2 is 2.00 bits per heavy atom. The number of methoxy groups -OCH3 is 1. The lowest BCUT2D eigenvalue weighted by Crippen LogP contribution is -2.11. The maximum Gasteiger partial charge on any atom is 0.413 e. The molecule has 96 valence electrons. The first-order valence-corrected chi connectivity index (χ1v) is 4.09. The fraction of sp³-hybridized carbons (Fsp3) is 0.111. The second kappa shape index (κ2) is 7.44. The van der Waals surface area contributed by atoms with Gasteiger partial charge in [0.1, 0.15) is 0 Å². The number of hydrogen-bond donors (Lipinski definition) is 2. The van der Waals surface area contributed by atoms with E-state index < -0.39 is 6.09 Å². The summed E-state index contributed by atoms with van der Waals surface area (Å²) in [5.74, 6) is 0.387. The van der Waals surface area contributed by atoms with Crippen molar-refractivity contribution in [3.63, 3.8) is 0 Å². The zero-order chi connectivity index (χ0) is 9.97. The minimum absolute atomic E-state index is 0. The van der Waals surface area contributed by atoms with Gasteiger partial charge in [-0.3, -0.25) is 5.32 Å². The molecule has 1 aromatic carbocycles. The zero-order valence-electron chi connectivity index (χ0n) is 8.98. The van der Waals surface area contributed by atoms with Gasteiger partial charge in [0.15, 0.2) is 0 Å². The van der Waals surface area contributed by atoms with Crippen molar-refractivity contribution in [3.05, 3.63) is 24.3 Å². The smallest absolute Gasteiger partial charge is 0.413 e. The second-order valence-corrected chi connectivity index (χ2v) is 2.72. The minimum atomic E-state index is -0.538. The number of carbonyl (C=O) groups excluding carboxylic acids is 1. The van der Waals surface area contributed by atoms with Gasteiger partial charge in [0.2, 0.25) is 5.95 Å². The SMILES string of the molecule is COC(=O)Nc1nc2ccccc2[nH]1.Cl.O.O. The van der Waals surface area contributed by atoms with Crippen LogP contribution < -0.4 is 5.32 Å². The highest BCUT2D eigenvalue weighted by atomic mass is 35.5. The maximum atomic E-state index is 10.9. The van der Waals surface area contributed by atoms with Crippen molar-refractivity contribution >= 4 is 35.5 Å². The quantitative estimate of drug-likeness (QED) is 0.777. The molecule has 2 aromatic rings. The molecule has 1 aromatic heterocycles. The first-order chi connectivity index (χ1) is 6.79. The first kappa shape index (κ1) is 17.6. The predicted molar refractivity (Wildman–Crippen MR) is 66.6 cm³/mol. The Hall–Kier alpha value is -1.83. The van der Waals surface area contributed by atoms with Crippen LogP contribution in [0.1, 0.15) is 0 Å². The van der Waals surface area contributed by atoms with Gasteiger partial charge in [0.05, 0.1) is 18.1 Å². The van der Waals surface area contributed by atoms with Crippen LogP contribution in [-0.2, 0) is 4.74 Å². The van der Waals surface area contributed by atoms with Crippen LogP contribution in [0.25, 0.3) is 11.0 Å². The van der Waals surface area contributed by atoms with Crippen LogP contribution in [0, 0.1) is 0 Å². The number of benzene rings is 1. The molecule has 0 unspecified atom stereocenters. The molecular weight excluding hydrogens is 250 g/mol. The van der Waals surface area contributed by atoms with Gasteiger partial charge in [-0.05, 0) is 12.1 Å². The number of nitrogens with one attached hydrogen (secondary N) is 2. The summed E-state index contributed by atoms with van der Waals surface area (Å²) >= 11 is 0. The van der Waals surface area contributed by atoms with Gasteiger partial charge < -0.3 is 20.7 Å². The number of anilines is 1. The number of fused-ring (bicyclic) bond motifs is 1. The number of nitrogens with zero attached hydrogens (tertiary/aromatic N) is 1. The summed E-state index contributed by atoms with van der Waals surface area (Å²) in [5.41, 5.74) is 1.68. The van der Waals surface area contributed by atoms with Crippen LogP contribution in [0.4, 0.5) is 10.7 Å². The number of aromatic nitrogens is 2. The Morgan fingerprint density at radius 1 is 1.35 bits per heavy atom. The molecule has 2 rings (SSSR count). The molecular formula is C9H14ClN3O4. The summed E-state index contributed by atoms with van der Waals surface area (Å²) < 4.78 is 4.44. The van der Waals surface area contributed by atoms with E-state index in [9.17, 15) is 4.79 Å². The number of carbonyl (C=O) groups is 1. The van der Waals surface area contributed by atoms with Crippen LogP contribution in [0.15, 0.2) is 24.3 Å². The van der Waals surface area contributed by atoms with Gasteiger partial charge in [0, 0.05) is 0 Å². The average Bonchev–Trinajstić information content (AvgIpc) is 2.59. The number of rotatable bonds is 1. The average molecular weight is 264 g/mol. The van der Waals surface area contributed by atoms with Crippen molar-refractivity contribution in [3.8, 4) is 0 Å². The summed E-state index contributed by atoms with van der Waals surface area (Å²) in [7, 11) is 1.30. The molecule has 6 N–H and O–H groups in total. The van der Waals surface area contributed by atoms with Gasteiger partial charge in [-0.25, -0.2) is 9.78 Å². The Labute approximate surface area is 103 Å². The van der Waals surface area contributed by atoms with Gasteiger partial charge >= 0.3 is 6.09 Å². The molecule has 0 saturated carbocycles. The molecule has 0 atom stereocenters. The van der Waals surface area contributed by atoms with Crippen molar-refractivity contribution in [2.24, 2.45) is 0 Å². The van der Waals surface area contributed by atoms with Crippen LogP contribution in [0.3, 0.4) is 0 Å². The van der Waals surface area contributed by atoms with Crippen LogP contribution >= 0.6 is 12.4 Å². The standard InChI is InChI=1S/C9H9N3O2.ClH.2H2O/c1-14-9(13)12-8-10-6-4-2-3-5-7(6)11-8;;;/h2-5H,1H3,(H2,10,11,12,13);1H;2*1H2. The van der Waals surface area contributed by atoms with E-state index in [1.807, 2.05) is 24.3 Å². The molecule has 0 spiro atoms. The number of amides is 1. The van der Waals surface area contributed by atoms with E-state index in [-0.39, 0.29) is 23.4 Å². The highest BCUT2D eigenvalue weighted by Gasteiger charge is 2.04. The fourth-order valence-electron chi connectivity index (χ4n) is 1.16. The number of H-pyrrole nitrogens is 1. The highest BCUT2D eigenvalue weighted by Crippen LogP contribution is 2.12. The van der Waals surface area contributed by atoms with E-state index in [2.05, 4.69) is 20.0 Å². The number of aromatic amines is 1. The summed E-state index contributed by atoms with van der Waals surface area (Å²) in [6.07, 6.45) is -0.538. The normalized spacial score (nSPS) is 8.29. The maximum absolute atomic E-state index is 10.9. The molecule has 0 aliphatic rings. The summed E-state index contributed by atoms with van der Waals surface area (Å²) in [6.45, 7) is 0. The van der Waals surface area contributed by atoms with Crippen molar-refractivity contribution in [1.82, 2.24) is 9.97 Å². The van der Waals surface area contributed by atoms with Gasteiger partial charge in [0.25, 0.3) is 0 Å². The van der Waals surface area contributed by atoms with Gasteiger partial charge in [-0.1, -0.05) is 12.1 Å². The number of ether oxygens (including phenoxy) is 1.